The van der Waals surface area contributed by atoms with Crippen LogP contribution in [0.15, 0.2) is 24.3 Å². The number of rotatable bonds is 3. The number of benzene rings is 1. The fourth-order valence-electron chi connectivity index (χ4n) is 0.894. The van der Waals surface area contributed by atoms with Crippen LogP contribution in [0.3, 0.4) is 0 Å². The largest absolute Gasteiger partial charge is 0.461 e. The van der Waals surface area contributed by atoms with Crippen molar-refractivity contribution in [2.75, 3.05) is 6.61 Å². The van der Waals surface area contributed by atoms with Gasteiger partial charge in [0.2, 0.25) is 0 Å². The topological polar surface area (TPSA) is 50.1 Å². The third-order valence-corrected chi connectivity index (χ3v) is 1.54. The molecular weight excluding hydrogens is 185 g/mol. The van der Waals surface area contributed by atoms with Gasteiger partial charge >= 0.3 is 5.97 Å². The van der Waals surface area contributed by atoms with E-state index in [2.05, 4.69) is 4.74 Å². The Bertz CT molecular complexity index is 371. The maximum Gasteiger partial charge on any atom is 0.341 e. The maximum absolute atomic E-state index is 13.0. The number of carbonyl (C=O) groups is 1. The molecule has 4 heteroatoms. The third kappa shape index (κ3) is 2.56. The summed E-state index contributed by atoms with van der Waals surface area (Å²) < 4.78 is 17.6. The first-order chi connectivity index (χ1) is 6.75. The van der Waals surface area contributed by atoms with E-state index in [0.717, 1.165) is 0 Å². The number of esters is 1. The molecule has 1 aromatic rings. The van der Waals surface area contributed by atoms with Gasteiger partial charge in [0.25, 0.3) is 0 Å². The van der Waals surface area contributed by atoms with Crippen LogP contribution in [-0.4, -0.2) is 12.6 Å². The summed E-state index contributed by atoms with van der Waals surface area (Å²) >= 11 is 0. The number of ether oxygens (including phenoxy) is 1. The van der Waals surface area contributed by atoms with Crippen molar-refractivity contribution in [2.45, 2.75) is 6.42 Å². The van der Waals surface area contributed by atoms with Crippen LogP contribution in [0.4, 0.5) is 4.39 Å². The van der Waals surface area contributed by atoms with Crippen LogP contribution in [-0.2, 0) is 4.74 Å². The number of hydrogen-bond donors (Lipinski definition) is 0. The van der Waals surface area contributed by atoms with Crippen LogP contribution >= 0.6 is 0 Å². The lowest BCUT2D eigenvalue weighted by Gasteiger charge is -2.02. The molecule has 1 aromatic carbocycles. The van der Waals surface area contributed by atoms with Crippen LogP contribution in [0.1, 0.15) is 16.8 Å². The number of nitrogens with zero attached hydrogens (tertiary/aromatic N) is 1. The molecule has 0 bridgehead atoms. The van der Waals surface area contributed by atoms with Crippen LogP contribution < -0.4 is 0 Å². The molecular formula is C10H8FNO2. The molecule has 0 heterocycles. The lowest BCUT2D eigenvalue weighted by atomic mass is 10.2. The first kappa shape index (κ1) is 10.2. The van der Waals surface area contributed by atoms with Crippen molar-refractivity contribution in [1.82, 2.24) is 0 Å². The molecule has 0 aliphatic carbocycles. The van der Waals surface area contributed by atoms with E-state index < -0.39 is 11.8 Å². The minimum Gasteiger partial charge on any atom is -0.461 e. The Labute approximate surface area is 80.7 Å². The predicted molar refractivity (Wildman–Crippen MR) is 46.9 cm³/mol. The van der Waals surface area contributed by atoms with Gasteiger partial charge in [0.05, 0.1) is 18.1 Å². The maximum atomic E-state index is 13.0. The second kappa shape index (κ2) is 4.97. The minimum atomic E-state index is -0.738. The molecule has 14 heavy (non-hydrogen) atoms. The number of halogens is 1. The van der Waals surface area contributed by atoms with E-state index in [0.29, 0.717) is 0 Å². The van der Waals surface area contributed by atoms with E-state index in [4.69, 9.17) is 5.26 Å². The minimum absolute atomic E-state index is 0.0103. The molecule has 0 saturated heterocycles. The Kier molecular flexibility index (Phi) is 3.62. The zero-order valence-corrected chi connectivity index (χ0v) is 7.37. The van der Waals surface area contributed by atoms with Gasteiger partial charge in [-0.15, -0.1) is 0 Å². The van der Waals surface area contributed by atoms with Gasteiger partial charge in [0, 0.05) is 0 Å². The Morgan fingerprint density at radius 1 is 1.50 bits per heavy atom. The van der Waals surface area contributed by atoms with E-state index in [9.17, 15) is 9.18 Å². The van der Waals surface area contributed by atoms with Crippen molar-refractivity contribution in [3.8, 4) is 6.07 Å². The highest BCUT2D eigenvalue weighted by Gasteiger charge is 2.11. The molecule has 0 fully saturated rings. The Balaban J connectivity index is 2.62. The number of nitriles is 1. The zero-order valence-electron chi connectivity index (χ0n) is 7.37. The Morgan fingerprint density at radius 3 is 2.86 bits per heavy atom. The molecule has 0 aliphatic rings. The van der Waals surface area contributed by atoms with Gasteiger partial charge in [0.15, 0.2) is 0 Å². The standard InChI is InChI=1S/C10H8FNO2/c11-9-5-2-1-4-8(9)10(13)14-7-3-6-12/h1-2,4-5H,3,7H2. The summed E-state index contributed by atoms with van der Waals surface area (Å²) in [5, 5.41) is 8.19. The van der Waals surface area contributed by atoms with E-state index >= 15 is 0 Å². The first-order valence-electron chi connectivity index (χ1n) is 4.04. The Morgan fingerprint density at radius 2 is 2.21 bits per heavy atom. The molecule has 0 atom stereocenters. The predicted octanol–water partition coefficient (Wildman–Crippen LogP) is 1.90. The molecule has 0 radical (unpaired) electrons. The second-order valence-corrected chi connectivity index (χ2v) is 2.52. The summed E-state index contributed by atoms with van der Waals surface area (Å²) in [6.45, 7) is -0.0103. The van der Waals surface area contributed by atoms with Crippen molar-refractivity contribution < 1.29 is 13.9 Å². The highest BCUT2D eigenvalue weighted by Crippen LogP contribution is 2.07. The first-order valence-corrected chi connectivity index (χ1v) is 4.04. The smallest absolute Gasteiger partial charge is 0.341 e. The zero-order chi connectivity index (χ0) is 10.4. The lowest BCUT2D eigenvalue weighted by molar-refractivity contribution is 0.0508. The summed E-state index contributed by atoms with van der Waals surface area (Å²) in [6.07, 6.45) is 0.111. The van der Waals surface area contributed by atoms with Crippen LogP contribution in [0.2, 0.25) is 0 Å². The molecule has 0 aliphatic heterocycles. The van der Waals surface area contributed by atoms with Crippen LogP contribution in [0.25, 0.3) is 0 Å². The highest BCUT2D eigenvalue weighted by molar-refractivity contribution is 5.89. The fourth-order valence-corrected chi connectivity index (χ4v) is 0.894. The SMILES string of the molecule is N#CCCOC(=O)c1ccccc1F. The van der Waals surface area contributed by atoms with Gasteiger partial charge in [0.1, 0.15) is 12.4 Å². The highest BCUT2D eigenvalue weighted by atomic mass is 19.1. The molecule has 3 nitrogen and oxygen atoms in total. The normalized spacial score (nSPS) is 9.14. The quantitative estimate of drug-likeness (QED) is 0.544. The summed E-state index contributed by atoms with van der Waals surface area (Å²) in [5.74, 6) is -1.35. The second-order valence-electron chi connectivity index (χ2n) is 2.52. The van der Waals surface area contributed by atoms with Crippen molar-refractivity contribution in [3.63, 3.8) is 0 Å². The van der Waals surface area contributed by atoms with Gasteiger partial charge in [-0.2, -0.15) is 5.26 Å². The summed E-state index contributed by atoms with van der Waals surface area (Å²) in [6, 6.07) is 7.37. The van der Waals surface area contributed by atoms with E-state index in [1.165, 1.54) is 18.2 Å². The van der Waals surface area contributed by atoms with Gasteiger partial charge in [-0.1, -0.05) is 12.1 Å². The lowest BCUT2D eigenvalue weighted by Crippen LogP contribution is -2.07. The molecule has 0 N–H and O–H groups in total. The third-order valence-electron chi connectivity index (χ3n) is 1.54. The number of carbonyl (C=O) groups excluding carboxylic acids is 1. The van der Waals surface area contributed by atoms with Crippen molar-refractivity contribution in [2.24, 2.45) is 0 Å². The average Bonchev–Trinajstić information content (AvgIpc) is 2.18. The van der Waals surface area contributed by atoms with Gasteiger partial charge in [-0.05, 0) is 12.1 Å². The fraction of sp³-hybridized carbons (Fsp3) is 0.200. The molecule has 0 aromatic heterocycles. The molecule has 1 rings (SSSR count). The van der Waals surface area contributed by atoms with Crippen molar-refractivity contribution in [1.29, 1.82) is 5.26 Å². The van der Waals surface area contributed by atoms with E-state index in [1.54, 1.807) is 6.07 Å². The molecule has 0 amide bonds. The van der Waals surface area contributed by atoms with Gasteiger partial charge in [-0.25, -0.2) is 9.18 Å². The van der Waals surface area contributed by atoms with Crippen molar-refractivity contribution >= 4 is 5.97 Å². The Hall–Kier alpha value is -1.89. The molecule has 0 unspecified atom stereocenters. The molecule has 0 spiro atoms. The number of hydrogen-bond acceptors (Lipinski definition) is 3. The van der Waals surface area contributed by atoms with Gasteiger partial charge < -0.3 is 4.74 Å². The van der Waals surface area contributed by atoms with Crippen LogP contribution in [0, 0.1) is 17.1 Å². The van der Waals surface area contributed by atoms with E-state index in [-0.39, 0.29) is 18.6 Å². The molecule has 0 saturated carbocycles. The molecule has 72 valence electrons. The van der Waals surface area contributed by atoms with Gasteiger partial charge in [-0.3, -0.25) is 0 Å². The summed E-state index contributed by atoms with van der Waals surface area (Å²) in [5.41, 5.74) is -0.106. The summed E-state index contributed by atoms with van der Waals surface area (Å²) in [4.78, 5) is 11.2. The van der Waals surface area contributed by atoms with Crippen LogP contribution in [0.5, 0.6) is 0 Å². The van der Waals surface area contributed by atoms with E-state index in [1.807, 2.05) is 6.07 Å². The monoisotopic (exact) mass is 193 g/mol. The summed E-state index contributed by atoms with van der Waals surface area (Å²) in [7, 11) is 0. The van der Waals surface area contributed by atoms with Crippen molar-refractivity contribution in [3.05, 3.63) is 35.6 Å². The average molecular weight is 193 g/mol.